The van der Waals surface area contributed by atoms with Crippen LogP contribution in [0.3, 0.4) is 0 Å². The largest absolute Gasteiger partial charge is 0.477 e. The number of anilines is 1. The van der Waals surface area contributed by atoms with Gasteiger partial charge in [0, 0.05) is 26.9 Å². The van der Waals surface area contributed by atoms with E-state index in [4.69, 9.17) is 32.7 Å². The lowest BCUT2D eigenvalue weighted by Crippen LogP contribution is -2.45. The molecule has 1 saturated heterocycles. The van der Waals surface area contributed by atoms with Gasteiger partial charge in [0.2, 0.25) is 0 Å². The Hall–Kier alpha value is -4.54. The quantitative estimate of drug-likeness (QED) is 0.222. The molecule has 2 amide bonds. The second-order valence-corrected chi connectivity index (χ2v) is 13.3. The number of aromatic carboxylic acids is 1. The number of benzene rings is 3. The van der Waals surface area contributed by atoms with Crippen molar-refractivity contribution in [3.8, 4) is 0 Å². The molecule has 1 fully saturated rings. The Labute approximate surface area is 269 Å². The van der Waals surface area contributed by atoms with Crippen LogP contribution < -0.4 is 5.01 Å². The summed E-state index contributed by atoms with van der Waals surface area (Å²) in [7, 11) is 0. The number of carboxylic acid groups (broad SMARTS) is 1. The fraction of sp³-hybridized carbons (Fsp3) is 0.273. The van der Waals surface area contributed by atoms with Crippen LogP contribution in [0.25, 0.3) is 27.8 Å². The number of amides is 2. The van der Waals surface area contributed by atoms with Crippen molar-refractivity contribution >= 4 is 80.7 Å². The van der Waals surface area contributed by atoms with Crippen LogP contribution in [0.4, 0.5) is 15.3 Å². The first-order valence-electron chi connectivity index (χ1n) is 14.0. The molecule has 0 radical (unpaired) electrons. The minimum absolute atomic E-state index is 0.0303. The number of aromatic nitrogens is 1. The van der Waals surface area contributed by atoms with Crippen molar-refractivity contribution in [3.63, 3.8) is 0 Å². The summed E-state index contributed by atoms with van der Waals surface area (Å²) in [5, 5.41) is 14.7. The molecule has 1 aromatic heterocycles. The predicted octanol–water partition coefficient (Wildman–Crippen LogP) is 8.17. The molecule has 0 aliphatic carbocycles. The van der Waals surface area contributed by atoms with E-state index in [1.54, 1.807) is 53.7 Å². The maximum atomic E-state index is 14.2. The van der Waals surface area contributed by atoms with Crippen molar-refractivity contribution in [3.05, 3.63) is 81.5 Å². The number of hydrogen-bond donors (Lipinski definition) is 1. The van der Waals surface area contributed by atoms with Gasteiger partial charge in [0.15, 0.2) is 0 Å². The highest BCUT2D eigenvalue weighted by molar-refractivity contribution is 6.39. The summed E-state index contributed by atoms with van der Waals surface area (Å²) in [5.74, 6) is -2.08. The number of fused-ring (bicyclic) bond motifs is 2. The van der Waals surface area contributed by atoms with Gasteiger partial charge in [-0.25, -0.2) is 29.0 Å². The number of rotatable bonds is 3. The lowest BCUT2D eigenvalue weighted by Gasteiger charge is -2.30. The average molecular weight is 653 g/mol. The topological polar surface area (TPSA) is 118 Å². The van der Waals surface area contributed by atoms with E-state index in [2.05, 4.69) is 0 Å². The number of halogens is 2. The molecular formula is C33H31Cl2N3O7. The highest BCUT2D eigenvalue weighted by Crippen LogP contribution is 2.39. The van der Waals surface area contributed by atoms with Crippen molar-refractivity contribution in [2.45, 2.75) is 52.7 Å². The van der Waals surface area contributed by atoms with E-state index in [0.717, 1.165) is 15.0 Å². The summed E-state index contributed by atoms with van der Waals surface area (Å²) < 4.78 is 12.1. The molecule has 0 saturated carbocycles. The van der Waals surface area contributed by atoms with Crippen LogP contribution in [0.15, 0.2) is 60.2 Å². The van der Waals surface area contributed by atoms with E-state index in [1.165, 1.54) is 23.2 Å². The Kier molecular flexibility index (Phi) is 8.10. The van der Waals surface area contributed by atoms with Crippen LogP contribution in [0.5, 0.6) is 0 Å². The summed E-state index contributed by atoms with van der Waals surface area (Å²) in [6, 6.07) is 15.5. The number of ether oxygens (including phenoxy) is 2. The maximum absolute atomic E-state index is 14.2. The van der Waals surface area contributed by atoms with Crippen LogP contribution in [0, 0.1) is 0 Å². The van der Waals surface area contributed by atoms with Crippen molar-refractivity contribution in [1.82, 2.24) is 9.58 Å². The first-order valence-corrected chi connectivity index (χ1v) is 14.8. The molecular weight excluding hydrogens is 621 g/mol. The third-order valence-corrected chi connectivity index (χ3v) is 7.26. The van der Waals surface area contributed by atoms with E-state index in [-0.39, 0.29) is 38.6 Å². The molecule has 1 aliphatic heterocycles. The van der Waals surface area contributed by atoms with Crippen molar-refractivity contribution in [1.29, 1.82) is 0 Å². The molecule has 0 bridgehead atoms. The van der Waals surface area contributed by atoms with Crippen LogP contribution in [0.1, 0.15) is 57.6 Å². The molecule has 4 aromatic rings. The first-order chi connectivity index (χ1) is 21.0. The fourth-order valence-corrected chi connectivity index (χ4v) is 5.72. The lowest BCUT2D eigenvalue weighted by molar-refractivity contribution is -0.115. The maximum Gasteiger partial charge on any atom is 0.430 e. The van der Waals surface area contributed by atoms with Gasteiger partial charge in [-0.2, -0.15) is 0 Å². The van der Waals surface area contributed by atoms with Gasteiger partial charge in [-0.15, -0.1) is 0 Å². The normalized spacial score (nSPS) is 14.9. The number of hydrazine groups is 1. The van der Waals surface area contributed by atoms with Gasteiger partial charge < -0.3 is 14.6 Å². The number of carbonyl (C=O) groups is 4. The van der Waals surface area contributed by atoms with Crippen LogP contribution in [-0.4, -0.2) is 56.5 Å². The Balaban J connectivity index is 1.75. The Morgan fingerprint density at radius 2 is 1.51 bits per heavy atom. The monoisotopic (exact) mass is 651 g/mol. The lowest BCUT2D eigenvalue weighted by atomic mass is 10.1. The number of carboxylic acids is 1. The third-order valence-electron chi connectivity index (χ3n) is 6.75. The molecule has 12 heteroatoms. The summed E-state index contributed by atoms with van der Waals surface area (Å²) in [4.78, 5) is 53.9. The Morgan fingerprint density at radius 1 is 0.889 bits per heavy atom. The highest BCUT2D eigenvalue weighted by atomic mass is 35.5. The fourth-order valence-electron chi connectivity index (χ4n) is 5.13. The van der Waals surface area contributed by atoms with Gasteiger partial charge in [0.25, 0.3) is 5.91 Å². The summed E-state index contributed by atoms with van der Waals surface area (Å²) in [6.45, 7) is 9.79. The van der Waals surface area contributed by atoms with E-state index in [1.807, 2.05) is 30.3 Å². The average Bonchev–Trinajstić information content (AvgIpc) is 3.41. The SMILES string of the molecule is CC(C)(C)OC(=O)N1CC(=Cc2c(C(=O)O)n(C(=O)OC(C)(C)C)c3cc(Cl)cc(Cl)c23)C(=O)N1c1cccc2ccccc12. The number of carbonyl (C=O) groups excluding carboxylic acids is 3. The van der Waals surface area contributed by atoms with Gasteiger partial charge in [-0.05, 0) is 71.2 Å². The summed E-state index contributed by atoms with van der Waals surface area (Å²) in [5.41, 5.74) is -1.81. The van der Waals surface area contributed by atoms with Gasteiger partial charge in [0.1, 0.15) is 16.9 Å². The molecule has 3 aromatic carbocycles. The Morgan fingerprint density at radius 3 is 2.16 bits per heavy atom. The predicted molar refractivity (Wildman–Crippen MR) is 173 cm³/mol. The molecule has 0 atom stereocenters. The second-order valence-electron chi connectivity index (χ2n) is 12.5. The highest BCUT2D eigenvalue weighted by Gasteiger charge is 2.41. The summed E-state index contributed by atoms with van der Waals surface area (Å²) >= 11 is 12.9. The minimum Gasteiger partial charge on any atom is -0.477 e. The van der Waals surface area contributed by atoms with Gasteiger partial charge in [0.05, 0.1) is 22.8 Å². The van der Waals surface area contributed by atoms with Gasteiger partial charge >= 0.3 is 18.2 Å². The van der Waals surface area contributed by atoms with Crippen molar-refractivity contribution in [2.75, 3.05) is 11.6 Å². The minimum atomic E-state index is -1.48. The first kappa shape index (κ1) is 31.9. The molecule has 234 valence electrons. The molecule has 0 unspecified atom stereocenters. The standard InChI is InChI=1S/C33H31Cl2N3O7/c1-32(2,3)44-30(42)36-17-19(28(39)38(36)24-13-9-11-18-10-7-8-12-21(18)24)14-22-26-23(35)15-20(34)16-25(26)37(27(22)29(40)41)31(43)45-33(4,5)6/h7-16H,17H2,1-6H3,(H,40,41). The molecule has 0 spiro atoms. The molecule has 5 rings (SSSR count). The van der Waals surface area contributed by atoms with Gasteiger partial charge in [-0.1, -0.05) is 59.6 Å². The zero-order chi connectivity index (χ0) is 33.0. The van der Waals surface area contributed by atoms with Crippen molar-refractivity contribution in [2.24, 2.45) is 0 Å². The van der Waals surface area contributed by atoms with E-state index in [0.29, 0.717) is 11.1 Å². The molecule has 10 nitrogen and oxygen atoms in total. The Bertz CT molecular complexity index is 1930. The van der Waals surface area contributed by atoms with Crippen molar-refractivity contribution < 1.29 is 33.8 Å². The van der Waals surface area contributed by atoms with E-state index >= 15 is 0 Å². The summed E-state index contributed by atoms with van der Waals surface area (Å²) in [6.07, 6.45) is -0.429. The third kappa shape index (κ3) is 6.21. The second kappa shape index (κ2) is 11.4. The molecule has 2 heterocycles. The van der Waals surface area contributed by atoms with Gasteiger partial charge in [-0.3, -0.25) is 4.79 Å². The zero-order valence-electron chi connectivity index (χ0n) is 25.5. The zero-order valence-corrected chi connectivity index (χ0v) is 27.0. The molecule has 1 aliphatic rings. The van der Waals surface area contributed by atoms with E-state index < -0.39 is 41.0 Å². The molecule has 45 heavy (non-hydrogen) atoms. The van der Waals surface area contributed by atoms with E-state index in [9.17, 15) is 24.3 Å². The van der Waals surface area contributed by atoms with Crippen LogP contribution >= 0.6 is 23.2 Å². The van der Waals surface area contributed by atoms with Crippen LogP contribution in [-0.2, 0) is 14.3 Å². The molecule has 1 N–H and O–H groups in total. The van der Waals surface area contributed by atoms with Crippen LogP contribution in [0.2, 0.25) is 10.0 Å². The smallest absolute Gasteiger partial charge is 0.430 e. The number of nitrogens with zero attached hydrogens (tertiary/aromatic N) is 3. The number of hydrogen-bond acceptors (Lipinski definition) is 6.